The van der Waals surface area contributed by atoms with Gasteiger partial charge in [-0.3, -0.25) is 4.84 Å². The van der Waals surface area contributed by atoms with Gasteiger partial charge in [0.25, 0.3) is 0 Å². The molecule has 2 aromatic rings. The van der Waals surface area contributed by atoms with E-state index in [-0.39, 0.29) is 18.8 Å². The number of hydroxylamine groups is 2. The highest BCUT2D eigenvalue weighted by molar-refractivity contribution is 5.15. The Kier molecular flexibility index (Phi) is 6.29. The van der Waals surface area contributed by atoms with E-state index >= 15 is 0 Å². The summed E-state index contributed by atoms with van der Waals surface area (Å²) in [6.07, 6.45) is -1.48. The van der Waals surface area contributed by atoms with Crippen LogP contribution in [0.2, 0.25) is 0 Å². The Morgan fingerprint density at radius 3 is 2.28 bits per heavy atom. The zero-order chi connectivity index (χ0) is 20.3. The van der Waals surface area contributed by atoms with E-state index in [4.69, 9.17) is 19.0 Å². The van der Waals surface area contributed by atoms with Gasteiger partial charge in [0.05, 0.1) is 25.9 Å². The second-order valence-electron chi connectivity index (χ2n) is 8.04. The second kappa shape index (κ2) is 8.92. The van der Waals surface area contributed by atoms with E-state index in [2.05, 4.69) is 12.1 Å². The smallest absolute Gasteiger partial charge is 0.163 e. The zero-order valence-electron chi connectivity index (χ0n) is 16.9. The Morgan fingerprint density at radius 2 is 1.66 bits per heavy atom. The summed E-state index contributed by atoms with van der Waals surface area (Å²) in [4.78, 5) is 5.94. The molecule has 0 bridgehead atoms. The first-order chi connectivity index (χ1) is 14.0. The Morgan fingerprint density at radius 1 is 1.00 bits per heavy atom. The predicted octanol–water partition coefficient (Wildman–Crippen LogP) is 2.90. The van der Waals surface area contributed by atoms with Gasteiger partial charge in [-0.1, -0.05) is 60.7 Å². The number of hydrogen-bond acceptors (Lipinski definition) is 6. The number of aliphatic hydroxyl groups excluding tert-OH is 1. The fourth-order valence-electron chi connectivity index (χ4n) is 3.92. The summed E-state index contributed by atoms with van der Waals surface area (Å²) in [5.74, 6) is -0.671. The summed E-state index contributed by atoms with van der Waals surface area (Å²) in [7, 11) is 0. The van der Waals surface area contributed by atoms with Crippen LogP contribution in [-0.2, 0) is 32.2 Å². The maximum atomic E-state index is 10.7. The molecule has 0 radical (unpaired) electrons. The first-order valence-corrected chi connectivity index (χ1v) is 10.1. The number of ether oxygens (including phenoxy) is 3. The monoisotopic (exact) mass is 399 g/mol. The molecule has 156 valence electrons. The summed E-state index contributed by atoms with van der Waals surface area (Å²) in [5, 5.41) is 12.6. The maximum absolute atomic E-state index is 10.7. The molecule has 0 saturated carbocycles. The molecule has 0 aliphatic carbocycles. The van der Waals surface area contributed by atoms with Crippen molar-refractivity contribution in [2.75, 3.05) is 13.2 Å². The standard InChI is InChI=1S/C23H29NO5/c1-23(2)27-16-20(29-23)21-22(26-14-18-11-7-4-8-12-18)19(25)15-28-24(21)13-17-9-5-3-6-10-17/h3-12,19-22,25H,13-16H2,1-2H3/t19-,20+,21-,22-/m0/s1. The third-order valence-electron chi connectivity index (χ3n) is 5.34. The number of hydrogen-bond donors (Lipinski definition) is 1. The minimum atomic E-state index is -0.747. The quantitative estimate of drug-likeness (QED) is 0.806. The van der Waals surface area contributed by atoms with Gasteiger partial charge in [-0.15, -0.1) is 0 Å². The van der Waals surface area contributed by atoms with Crippen molar-refractivity contribution in [3.63, 3.8) is 0 Å². The van der Waals surface area contributed by atoms with Crippen molar-refractivity contribution in [2.45, 2.75) is 57.1 Å². The summed E-state index contributed by atoms with van der Waals surface area (Å²) in [5.41, 5.74) is 2.18. The van der Waals surface area contributed by atoms with E-state index in [1.807, 2.05) is 67.4 Å². The zero-order valence-corrected chi connectivity index (χ0v) is 16.9. The van der Waals surface area contributed by atoms with E-state index in [9.17, 15) is 5.11 Å². The fourth-order valence-corrected chi connectivity index (χ4v) is 3.92. The fraction of sp³-hybridized carbons (Fsp3) is 0.478. The molecule has 0 aromatic heterocycles. The van der Waals surface area contributed by atoms with Gasteiger partial charge in [0, 0.05) is 6.54 Å². The first kappa shape index (κ1) is 20.5. The van der Waals surface area contributed by atoms with Crippen molar-refractivity contribution in [3.8, 4) is 0 Å². The molecule has 2 heterocycles. The van der Waals surface area contributed by atoms with Gasteiger partial charge in [-0.25, -0.2) is 0 Å². The summed E-state index contributed by atoms with van der Waals surface area (Å²) in [6.45, 7) is 5.38. The van der Waals surface area contributed by atoms with Crippen LogP contribution < -0.4 is 0 Å². The Bertz CT molecular complexity index is 769. The normalized spacial score (nSPS) is 29.8. The lowest BCUT2D eigenvalue weighted by atomic mass is 9.97. The van der Waals surface area contributed by atoms with Gasteiger partial charge in [0.2, 0.25) is 0 Å². The van der Waals surface area contributed by atoms with Crippen LogP contribution in [-0.4, -0.2) is 53.5 Å². The molecule has 2 saturated heterocycles. The van der Waals surface area contributed by atoms with Crippen LogP contribution in [0.1, 0.15) is 25.0 Å². The van der Waals surface area contributed by atoms with Crippen molar-refractivity contribution >= 4 is 0 Å². The van der Waals surface area contributed by atoms with Gasteiger partial charge in [0.1, 0.15) is 18.3 Å². The predicted molar refractivity (Wildman–Crippen MR) is 108 cm³/mol. The van der Waals surface area contributed by atoms with Crippen LogP contribution >= 0.6 is 0 Å². The van der Waals surface area contributed by atoms with Gasteiger partial charge in [-0.05, 0) is 25.0 Å². The van der Waals surface area contributed by atoms with Crippen molar-refractivity contribution in [3.05, 3.63) is 71.8 Å². The third kappa shape index (κ3) is 5.04. The van der Waals surface area contributed by atoms with Crippen molar-refractivity contribution < 1.29 is 24.2 Å². The Balaban J connectivity index is 1.55. The van der Waals surface area contributed by atoms with E-state index in [0.717, 1.165) is 11.1 Å². The number of nitrogens with zero attached hydrogens (tertiary/aromatic N) is 1. The van der Waals surface area contributed by atoms with Crippen LogP contribution in [0.3, 0.4) is 0 Å². The lowest BCUT2D eigenvalue weighted by Crippen LogP contribution is -2.61. The van der Waals surface area contributed by atoms with E-state index in [0.29, 0.717) is 19.8 Å². The Labute approximate surface area is 171 Å². The van der Waals surface area contributed by atoms with Crippen LogP contribution in [0.25, 0.3) is 0 Å². The van der Waals surface area contributed by atoms with Gasteiger partial charge >= 0.3 is 0 Å². The van der Waals surface area contributed by atoms with E-state index in [1.54, 1.807) is 0 Å². The number of benzene rings is 2. The molecule has 6 nitrogen and oxygen atoms in total. The van der Waals surface area contributed by atoms with Crippen LogP contribution in [0.4, 0.5) is 0 Å². The molecule has 0 amide bonds. The minimum absolute atomic E-state index is 0.180. The lowest BCUT2D eigenvalue weighted by molar-refractivity contribution is -0.304. The average molecular weight is 399 g/mol. The van der Waals surface area contributed by atoms with E-state index in [1.165, 1.54) is 0 Å². The molecule has 2 aliphatic heterocycles. The molecular weight excluding hydrogens is 370 g/mol. The average Bonchev–Trinajstić information content (AvgIpc) is 3.09. The molecule has 6 heteroatoms. The SMILES string of the molecule is CC1(C)OC[C@H]([C@H]2[C@@H](OCc3ccccc3)[C@@H](O)CON2Cc2ccccc2)O1. The second-order valence-corrected chi connectivity index (χ2v) is 8.04. The van der Waals surface area contributed by atoms with E-state index < -0.39 is 18.0 Å². The third-order valence-corrected chi connectivity index (χ3v) is 5.34. The van der Waals surface area contributed by atoms with Crippen molar-refractivity contribution in [1.29, 1.82) is 0 Å². The molecule has 2 aliphatic rings. The molecular formula is C23H29NO5. The lowest BCUT2D eigenvalue weighted by Gasteiger charge is -2.44. The van der Waals surface area contributed by atoms with Gasteiger partial charge < -0.3 is 19.3 Å². The molecule has 0 unspecified atom stereocenters. The van der Waals surface area contributed by atoms with Gasteiger partial charge in [-0.2, -0.15) is 5.06 Å². The van der Waals surface area contributed by atoms with Crippen LogP contribution in [0.5, 0.6) is 0 Å². The summed E-state index contributed by atoms with van der Waals surface area (Å²) in [6, 6.07) is 19.8. The summed E-state index contributed by atoms with van der Waals surface area (Å²) < 4.78 is 18.2. The van der Waals surface area contributed by atoms with Crippen molar-refractivity contribution in [1.82, 2.24) is 5.06 Å². The number of aliphatic hydroxyl groups is 1. The first-order valence-electron chi connectivity index (χ1n) is 10.1. The molecule has 2 fully saturated rings. The largest absolute Gasteiger partial charge is 0.388 e. The molecule has 0 spiro atoms. The van der Waals surface area contributed by atoms with Crippen LogP contribution in [0.15, 0.2) is 60.7 Å². The minimum Gasteiger partial charge on any atom is -0.388 e. The summed E-state index contributed by atoms with van der Waals surface area (Å²) >= 11 is 0. The molecule has 1 N–H and O–H groups in total. The highest BCUT2D eigenvalue weighted by atomic mass is 16.8. The molecule has 4 atom stereocenters. The maximum Gasteiger partial charge on any atom is 0.163 e. The highest BCUT2D eigenvalue weighted by Gasteiger charge is 2.49. The molecule has 29 heavy (non-hydrogen) atoms. The Hall–Kier alpha value is -1.80. The van der Waals surface area contributed by atoms with Gasteiger partial charge in [0.15, 0.2) is 5.79 Å². The molecule has 4 rings (SSSR count). The molecule has 2 aromatic carbocycles. The highest BCUT2D eigenvalue weighted by Crippen LogP contribution is 2.32. The van der Waals surface area contributed by atoms with Crippen molar-refractivity contribution in [2.24, 2.45) is 0 Å². The van der Waals surface area contributed by atoms with Crippen LogP contribution in [0, 0.1) is 0 Å². The topological polar surface area (TPSA) is 60.4 Å². The number of rotatable bonds is 6.